The van der Waals surface area contributed by atoms with Crippen LogP contribution in [-0.4, -0.2) is 34.0 Å². The smallest absolute Gasteiger partial charge is 0.290 e. The fourth-order valence-corrected chi connectivity index (χ4v) is 3.63. The number of hydrogen-bond acceptors (Lipinski definition) is 5. The first-order valence-electron chi connectivity index (χ1n) is 9.79. The van der Waals surface area contributed by atoms with Crippen LogP contribution >= 0.6 is 0 Å². The molecule has 2 aromatic heterocycles. The minimum absolute atomic E-state index is 0.200. The largest absolute Gasteiger partial charge is 0.351 e. The summed E-state index contributed by atoms with van der Waals surface area (Å²) in [7, 11) is 0. The zero-order valence-corrected chi connectivity index (χ0v) is 16.1. The van der Waals surface area contributed by atoms with Crippen molar-refractivity contribution in [3.8, 4) is 0 Å². The molecule has 1 N–H and O–H groups in total. The highest BCUT2D eigenvalue weighted by atomic mass is 19.1. The van der Waals surface area contributed by atoms with Crippen molar-refractivity contribution in [3.63, 3.8) is 0 Å². The van der Waals surface area contributed by atoms with Crippen LogP contribution in [-0.2, 0) is 13.1 Å². The average Bonchev–Trinajstić information content (AvgIpc) is 3.24. The Bertz CT molecular complexity index is 952. The molecule has 29 heavy (non-hydrogen) atoms. The Kier molecular flexibility index (Phi) is 5.95. The van der Waals surface area contributed by atoms with E-state index in [1.807, 2.05) is 24.3 Å². The zero-order valence-electron chi connectivity index (χ0n) is 16.1. The maximum absolute atomic E-state index is 13.4. The lowest BCUT2D eigenvalue weighted by Gasteiger charge is -2.31. The van der Waals surface area contributed by atoms with Crippen molar-refractivity contribution >= 4 is 5.91 Å². The highest BCUT2D eigenvalue weighted by molar-refractivity contribution is 5.91. The highest BCUT2D eigenvalue weighted by Gasteiger charge is 2.24. The second-order valence-electron chi connectivity index (χ2n) is 7.30. The Morgan fingerprint density at radius 2 is 2.03 bits per heavy atom. The molecule has 7 heteroatoms. The van der Waals surface area contributed by atoms with Crippen LogP contribution in [0.25, 0.3) is 0 Å². The first kappa shape index (κ1) is 19.3. The van der Waals surface area contributed by atoms with Crippen LogP contribution in [0.3, 0.4) is 0 Å². The second-order valence-corrected chi connectivity index (χ2v) is 7.30. The molecule has 1 aliphatic heterocycles. The number of benzene rings is 1. The van der Waals surface area contributed by atoms with Crippen molar-refractivity contribution in [2.24, 2.45) is 0 Å². The third-order valence-corrected chi connectivity index (χ3v) is 5.21. The minimum Gasteiger partial charge on any atom is -0.351 e. The van der Waals surface area contributed by atoms with Crippen LogP contribution in [0.1, 0.15) is 46.3 Å². The maximum Gasteiger partial charge on any atom is 0.290 e. The molecular formula is C22H23FN4O2. The van der Waals surface area contributed by atoms with E-state index in [2.05, 4.69) is 20.4 Å². The number of rotatable bonds is 6. The summed E-state index contributed by atoms with van der Waals surface area (Å²) in [5.41, 5.74) is 2.58. The number of amides is 1. The van der Waals surface area contributed by atoms with Gasteiger partial charge in [-0.2, -0.15) is 0 Å². The number of piperidine rings is 1. The van der Waals surface area contributed by atoms with Gasteiger partial charge in [0.15, 0.2) is 0 Å². The van der Waals surface area contributed by atoms with Crippen molar-refractivity contribution in [1.29, 1.82) is 0 Å². The van der Waals surface area contributed by atoms with Gasteiger partial charge in [-0.1, -0.05) is 23.4 Å². The van der Waals surface area contributed by atoms with Gasteiger partial charge in [-0.05, 0) is 55.8 Å². The monoisotopic (exact) mass is 394 g/mol. The number of carbonyl (C=O) groups excluding carboxylic acids is 1. The number of aromatic nitrogens is 2. The molecule has 6 nitrogen and oxygen atoms in total. The van der Waals surface area contributed by atoms with Crippen molar-refractivity contribution in [1.82, 2.24) is 20.4 Å². The van der Waals surface area contributed by atoms with Gasteiger partial charge < -0.3 is 9.84 Å². The van der Waals surface area contributed by atoms with Crippen LogP contribution in [0.2, 0.25) is 0 Å². The summed E-state index contributed by atoms with van der Waals surface area (Å²) in [6.45, 7) is 2.88. The Morgan fingerprint density at radius 3 is 2.79 bits per heavy atom. The third-order valence-electron chi connectivity index (χ3n) is 5.21. The molecule has 0 spiro atoms. The number of pyridine rings is 1. The van der Waals surface area contributed by atoms with E-state index >= 15 is 0 Å². The van der Waals surface area contributed by atoms with E-state index in [9.17, 15) is 9.18 Å². The molecule has 3 aromatic rings. The lowest BCUT2D eigenvalue weighted by Crippen LogP contribution is -2.32. The maximum atomic E-state index is 13.4. The number of nitrogens with zero attached hydrogens (tertiary/aromatic N) is 3. The summed E-state index contributed by atoms with van der Waals surface area (Å²) in [6, 6.07) is 14.0. The van der Waals surface area contributed by atoms with Crippen LogP contribution in [0.15, 0.2) is 59.3 Å². The van der Waals surface area contributed by atoms with E-state index in [1.54, 1.807) is 24.4 Å². The molecule has 0 bridgehead atoms. The van der Waals surface area contributed by atoms with Crippen molar-refractivity contribution in [2.45, 2.75) is 31.8 Å². The molecule has 3 heterocycles. The standard InChI is InChI=1S/C22H23FN4O2/c23-18-5-3-4-16(12-18)15-27-10-7-17(8-11-27)20-13-21(29-26-20)22(28)25-14-19-6-1-2-9-24-19/h1-6,9,12-13,17H,7-8,10-11,14-15H2,(H,25,28). The first-order chi connectivity index (χ1) is 14.2. The van der Waals surface area contributed by atoms with E-state index in [0.29, 0.717) is 6.54 Å². The molecule has 150 valence electrons. The van der Waals surface area contributed by atoms with Crippen LogP contribution < -0.4 is 5.32 Å². The van der Waals surface area contributed by atoms with E-state index in [0.717, 1.165) is 49.4 Å². The summed E-state index contributed by atoms with van der Waals surface area (Å²) in [4.78, 5) is 18.8. The first-order valence-corrected chi connectivity index (χ1v) is 9.79. The Hall–Kier alpha value is -3.06. The van der Waals surface area contributed by atoms with Gasteiger partial charge in [0.05, 0.1) is 17.9 Å². The number of likely N-dealkylation sites (tertiary alicyclic amines) is 1. The summed E-state index contributed by atoms with van der Waals surface area (Å²) >= 11 is 0. The van der Waals surface area contributed by atoms with Crippen LogP contribution in [0.4, 0.5) is 4.39 Å². The van der Waals surface area contributed by atoms with E-state index < -0.39 is 0 Å². The lowest BCUT2D eigenvalue weighted by molar-refractivity contribution is 0.0913. The zero-order chi connectivity index (χ0) is 20.1. The van der Waals surface area contributed by atoms with Gasteiger partial charge >= 0.3 is 0 Å². The Labute approximate surface area is 168 Å². The molecule has 1 aliphatic rings. The molecule has 0 saturated carbocycles. The molecule has 1 aromatic carbocycles. The number of hydrogen-bond donors (Lipinski definition) is 1. The molecule has 0 atom stereocenters. The van der Waals surface area contributed by atoms with Gasteiger partial charge in [0.1, 0.15) is 5.82 Å². The Balaban J connectivity index is 1.28. The van der Waals surface area contributed by atoms with Crippen LogP contribution in [0.5, 0.6) is 0 Å². The van der Waals surface area contributed by atoms with Gasteiger partial charge in [-0.15, -0.1) is 0 Å². The van der Waals surface area contributed by atoms with Gasteiger partial charge in [-0.3, -0.25) is 14.7 Å². The summed E-state index contributed by atoms with van der Waals surface area (Å²) < 4.78 is 18.6. The van der Waals surface area contributed by atoms with E-state index in [4.69, 9.17) is 4.52 Å². The fourth-order valence-electron chi connectivity index (χ4n) is 3.63. The SMILES string of the molecule is O=C(NCc1ccccn1)c1cc(C2CCN(Cc3cccc(F)c3)CC2)no1. The van der Waals surface area contributed by atoms with Gasteiger partial charge in [0.2, 0.25) is 5.76 Å². The number of carbonyl (C=O) groups is 1. The molecule has 4 rings (SSSR count). The minimum atomic E-state index is -0.294. The predicted molar refractivity (Wildman–Crippen MR) is 106 cm³/mol. The van der Waals surface area contributed by atoms with Gasteiger partial charge in [0, 0.05) is 24.7 Å². The molecule has 1 fully saturated rings. The molecule has 0 radical (unpaired) electrons. The normalized spacial score (nSPS) is 15.3. The molecule has 0 unspecified atom stereocenters. The van der Waals surface area contributed by atoms with Crippen molar-refractivity contribution in [3.05, 3.63) is 83.3 Å². The van der Waals surface area contributed by atoms with Gasteiger partial charge in [0.25, 0.3) is 5.91 Å². The van der Waals surface area contributed by atoms with Crippen molar-refractivity contribution < 1.29 is 13.7 Å². The molecular weight excluding hydrogens is 371 g/mol. The van der Waals surface area contributed by atoms with E-state index in [1.165, 1.54) is 6.07 Å². The predicted octanol–water partition coefficient (Wildman–Crippen LogP) is 3.52. The van der Waals surface area contributed by atoms with Gasteiger partial charge in [-0.25, -0.2) is 4.39 Å². The van der Waals surface area contributed by atoms with E-state index in [-0.39, 0.29) is 23.4 Å². The van der Waals surface area contributed by atoms with Crippen LogP contribution in [0, 0.1) is 5.82 Å². The fraction of sp³-hybridized carbons (Fsp3) is 0.318. The highest BCUT2D eigenvalue weighted by Crippen LogP contribution is 2.28. The average molecular weight is 394 g/mol. The molecule has 0 aliphatic carbocycles. The topological polar surface area (TPSA) is 71.3 Å². The molecule has 1 saturated heterocycles. The molecule has 1 amide bonds. The second kappa shape index (κ2) is 8.96. The summed E-state index contributed by atoms with van der Waals surface area (Å²) in [6.07, 6.45) is 3.54. The summed E-state index contributed by atoms with van der Waals surface area (Å²) in [5.74, 6) is -0.00949. The Morgan fingerprint density at radius 1 is 1.17 bits per heavy atom. The third kappa shape index (κ3) is 5.06. The summed E-state index contributed by atoms with van der Waals surface area (Å²) in [5, 5.41) is 6.91. The van der Waals surface area contributed by atoms with Crippen molar-refractivity contribution in [2.75, 3.05) is 13.1 Å². The number of nitrogens with one attached hydrogen (secondary N) is 1. The number of halogens is 1. The quantitative estimate of drug-likeness (QED) is 0.693. The lowest BCUT2D eigenvalue weighted by atomic mass is 9.93.